The van der Waals surface area contributed by atoms with Crippen molar-refractivity contribution in [1.82, 2.24) is 9.47 Å². The molecule has 5 nitrogen and oxygen atoms in total. The fraction of sp³-hybridized carbons (Fsp3) is 0.636. The Kier molecular flexibility index (Phi) is 3.24. The second kappa shape index (κ2) is 4.65. The molecule has 0 radical (unpaired) electrons. The van der Waals surface area contributed by atoms with Gasteiger partial charge < -0.3 is 9.64 Å². The molecule has 1 fully saturated rings. The molecule has 0 aliphatic carbocycles. The number of ether oxygens (including phenoxy) is 1. The van der Waals surface area contributed by atoms with Crippen LogP contribution in [0.4, 0.5) is 4.79 Å². The summed E-state index contributed by atoms with van der Waals surface area (Å²) in [6.07, 6.45) is 6.46. The van der Waals surface area contributed by atoms with E-state index in [0.29, 0.717) is 5.92 Å². The van der Waals surface area contributed by atoms with Gasteiger partial charge in [-0.3, -0.25) is 0 Å². The summed E-state index contributed by atoms with van der Waals surface area (Å²) in [5, 5.41) is 0. The average Bonchev–Trinajstić information content (AvgIpc) is 2.87. The first-order valence-corrected chi connectivity index (χ1v) is 5.52. The quantitative estimate of drug-likeness (QED) is 0.675. The molecule has 2 heterocycles. The van der Waals surface area contributed by atoms with Gasteiger partial charge in [0.15, 0.2) is 0 Å². The Balaban J connectivity index is 1.97. The van der Waals surface area contributed by atoms with Crippen LogP contribution >= 0.6 is 0 Å². The Bertz CT molecular complexity index is 375. The van der Waals surface area contributed by atoms with Crippen molar-refractivity contribution in [3.05, 3.63) is 18.7 Å². The summed E-state index contributed by atoms with van der Waals surface area (Å²) in [6.45, 7) is 2.37. The highest BCUT2D eigenvalue weighted by atomic mass is 16.5. The number of methoxy groups -OCH3 is 1. The van der Waals surface area contributed by atoms with Gasteiger partial charge in [-0.2, -0.15) is 4.57 Å². The third-order valence-electron chi connectivity index (χ3n) is 2.95. The molecule has 1 aliphatic rings. The maximum Gasteiger partial charge on any atom is 0.415 e. The van der Waals surface area contributed by atoms with Gasteiger partial charge in [0.05, 0.1) is 13.7 Å². The van der Waals surface area contributed by atoms with Crippen LogP contribution in [0.2, 0.25) is 0 Å². The smallest absolute Gasteiger partial charge is 0.384 e. The van der Waals surface area contributed by atoms with E-state index in [1.54, 1.807) is 24.2 Å². The molecule has 1 aliphatic heterocycles. The van der Waals surface area contributed by atoms with E-state index in [0.717, 1.165) is 26.1 Å². The number of nitrogens with zero attached hydrogens (tertiary/aromatic N) is 3. The van der Waals surface area contributed by atoms with E-state index in [2.05, 4.69) is 0 Å². The van der Waals surface area contributed by atoms with Gasteiger partial charge in [0.25, 0.3) is 6.33 Å². The van der Waals surface area contributed by atoms with Crippen molar-refractivity contribution in [3.63, 3.8) is 0 Å². The molecule has 1 atom stereocenters. The van der Waals surface area contributed by atoms with Crippen molar-refractivity contribution in [2.45, 2.75) is 6.42 Å². The van der Waals surface area contributed by atoms with E-state index < -0.39 is 0 Å². The number of carbonyl (C=O) groups excluding carboxylic acids is 1. The molecule has 88 valence electrons. The lowest BCUT2D eigenvalue weighted by Gasteiger charge is -2.12. The maximum atomic E-state index is 12.0. The molecule has 2 rings (SSSR count). The Labute approximate surface area is 95.2 Å². The zero-order valence-corrected chi connectivity index (χ0v) is 9.80. The number of carbonyl (C=O) groups is 1. The van der Waals surface area contributed by atoms with Gasteiger partial charge in [-0.25, -0.2) is 9.36 Å². The molecule has 1 aromatic heterocycles. The minimum atomic E-state index is 0.0548. The predicted octanol–water partition coefficient (Wildman–Crippen LogP) is 0.249. The van der Waals surface area contributed by atoms with Crippen LogP contribution in [-0.4, -0.2) is 42.3 Å². The molecular weight excluding hydrogens is 206 g/mol. The van der Waals surface area contributed by atoms with E-state index in [9.17, 15) is 4.79 Å². The highest BCUT2D eigenvalue weighted by Crippen LogP contribution is 2.17. The topological polar surface area (TPSA) is 38.4 Å². The second-order valence-electron chi connectivity index (χ2n) is 4.32. The van der Waals surface area contributed by atoms with Gasteiger partial charge in [0, 0.05) is 26.1 Å². The lowest BCUT2D eigenvalue weighted by Crippen LogP contribution is -2.34. The number of hydrogen-bond donors (Lipinski definition) is 0. The zero-order chi connectivity index (χ0) is 11.5. The molecular formula is C11H18N3O2+. The fourth-order valence-electron chi connectivity index (χ4n) is 2.10. The number of hydrogen-bond acceptors (Lipinski definition) is 2. The summed E-state index contributed by atoms with van der Waals surface area (Å²) in [5.41, 5.74) is 0. The van der Waals surface area contributed by atoms with Gasteiger partial charge in [-0.15, -0.1) is 0 Å². The van der Waals surface area contributed by atoms with E-state index in [-0.39, 0.29) is 6.03 Å². The summed E-state index contributed by atoms with van der Waals surface area (Å²) in [6, 6.07) is 0.0548. The summed E-state index contributed by atoms with van der Waals surface area (Å²) in [7, 11) is 3.61. The van der Waals surface area contributed by atoms with Crippen molar-refractivity contribution < 1.29 is 14.1 Å². The van der Waals surface area contributed by atoms with Crippen LogP contribution < -0.4 is 4.57 Å². The second-order valence-corrected chi connectivity index (χ2v) is 4.32. The van der Waals surface area contributed by atoms with Crippen molar-refractivity contribution >= 4 is 6.03 Å². The zero-order valence-electron chi connectivity index (χ0n) is 9.80. The van der Waals surface area contributed by atoms with E-state index >= 15 is 0 Å². The van der Waals surface area contributed by atoms with Gasteiger partial charge >= 0.3 is 6.03 Å². The van der Waals surface area contributed by atoms with E-state index in [1.165, 1.54) is 0 Å². The Morgan fingerprint density at radius 2 is 2.44 bits per heavy atom. The molecule has 1 unspecified atom stereocenters. The Morgan fingerprint density at radius 3 is 3.06 bits per heavy atom. The summed E-state index contributed by atoms with van der Waals surface area (Å²) in [4.78, 5) is 13.9. The molecule has 1 aromatic rings. The average molecular weight is 224 g/mol. The molecule has 0 saturated carbocycles. The molecule has 0 bridgehead atoms. The van der Waals surface area contributed by atoms with Gasteiger partial charge in [0.2, 0.25) is 0 Å². The first-order valence-electron chi connectivity index (χ1n) is 5.52. The first-order chi connectivity index (χ1) is 7.70. The minimum Gasteiger partial charge on any atom is -0.384 e. The van der Waals surface area contributed by atoms with Crippen LogP contribution in [0.3, 0.4) is 0 Å². The summed E-state index contributed by atoms with van der Waals surface area (Å²) in [5.74, 6) is 0.485. The number of aryl methyl sites for hydroxylation is 1. The summed E-state index contributed by atoms with van der Waals surface area (Å²) >= 11 is 0. The van der Waals surface area contributed by atoms with Crippen molar-refractivity contribution in [2.75, 3.05) is 26.8 Å². The predicted molar refractivity (Wildman–Crippen MR) is 58.0 cm³/mol. The molecule has 0 aromatic carbocycles. The first kappa shape index (κ1) is 11.1. The van der Waals surface area contributed by atoms with Gasteiger partial charge in [0.1, 0.15) is 12.4 Å². The van der Waals surface area contributed by atoms with Gasteiger partial charge in [-0.05, 0) is 6.42 Å². The third-order valence-corrected chi connectivity index (χ3v) is 2.95. The Morgan fingerprint density at radius 1 is 1.62 bits per heavy atom. The Hall–Kier alpha value is -1.36. The molecule has 0 spiro atoms. The molecule has 1 amide bonds. The summed E-state index contributed by atoms with van der Waals surface area (Å²) < 4.78 is 8.60. The highest BCUT2D eigenvalue weighted by Gasteiger charge is 2.29. The lowest BCUT2D eigenvalue weighted by molar-refractivity contribution is -0.670. The normalized spacial score (nSPS) is 20.4. The van der Waals surface area contributed by atoms with Crippen LogP contribution in [0.5, 0.6) is 0 Å². The molecule has 0 N–H and O–H groups in total. The van der Waals surface area contributed by atoms with Crippen molar-refractivity contribution in [1.29, 1.82) is 0 Å². The monoisotopic (exact) mass is 224 g/mol. The number of aromatic nitrogens is 2. The minimum absolute atomic E-state index is 0.0548. The fourth-order valence-corrected chi connectivity index (χ4v) is 2.10. The number of amides is 1. The lowest BCUT2D eigenvalue weighted by atomic mass is 10.1. The van der Waals surface area contributed by atoms with E-state index in [1.807, 2.05) is 22.7 Å². The molecule has 5 heteroatoms. The van der Waals surface area contributed by atoms with Gasteiger partial charge in [-0.1, -0.05) is 0 Å². The van der Waals surface area contributed by atoms with Crippen molar-refractivity contribution in [3.8, 4) is 0 Å². The SMILES string of the molecule is COCC1CCN(C(=O)n2cc[n+](C)c2)C1. The molecule has 1 saturated heterocycles. The molecule has 16 heavy (non-hydrogen) atoms. The van der Waals surface area contributed by atoms with Crippen LogP contribution in [0.25, 0.3) is 0 Å². The number of imidazole rings is 1. The third kappa shape index (κ3) is 2.24. The number of rotatable bonds is 2. The highest BCUT2D eigenvalue weighted by molar-refractivity contribution is 5.76. The van der Waals surface area contributed by atoms with Crippen LogP contribution in [0, 0.1) is 5.92 Å². The largest absolute Gasteiger partial charge is 0.415 e. The van der Waals surface area contributed by atoms with Crippen LogP contribution in [0.1, 0.15) is 6.42 Å². The number of likely N-dealkylation sites (tertiary alicyclic amines) is 1. The standard InChI is InChI=1S/C11H18N3O2/c1-12-5-6-14(9-12)11(15)13-4-3-10(7-13)8-16-2/h5-6,9-10H,3-4,7-8H2,1-2H3/q+1. The van der Waals surface area contributed by atoms with Crippen molar-refractivity contribution in [2.24, 2.45) is 13.0 Å². The van der Waals surface area contributed by atoms with Crippen LogP contribution in [-0.2, 0) is 11.8 Å². The van der Waals surface area contributed by atoms with E-state index in [4.69, 9.17) is 4.74 Å². The maximum absolute atomic E-state index is 12.0. The van der Waals surface area contributed by atoms with Crippen LogP contribution in [0.15, 0.2) is 18.7 Å².